The molecule has 2 aliphatic rings. The summed E-state index contributed by atoms with van der Waals surface area (Å²) in [5.41, 5.74) is 4.03. The number of anilines is 1. The molecule has 1 N–H and O–H groups in total. The molecular weight excluding hydrogens is 352 g/mol. The molecule has 1 saturated heterocycles. The Bertz CT molecular complexity index is 873. The molecule has 2 heterocycles. The molecule has 2 aromatic rings. The van der Waals surface area contributed by atoms with Crippen LogP contribution >= 0.6 is 0 Å². The molecule has 146 valence electrons. The first kappa shape index (κ1) is 18.7. The van der Waals surface area contributed by atoms with Crippen LogP contribution < -0.4 is 10.2 Å². The maximum Gasteiger partial charge on any atom is 0.304 e. The van der Waals surface area contributed by atoms with Crippen molar-refractivity contribution >= 4 is 17.6 Å². The average Bonchev–Trinajstić information content (AvgIpc) is 2.94. The van der Waals surface area contributed by atoms with Crippen LogP contribution in [0.15, 0.2) is 48.5 Å². The van der Waals surface area contributed by atoms with Gasteiger partial charge in [-0.1, -0.05) is 42.5 Å². The largest absolute Gasteiger partial charge is 0.444 e. The van der Waals surface area contributed by atoms with E-state index >= 15 is 0 Å². The van der Waals surface area contributed by atoms with Crippen LogP contribution in [0.2, 0.25) is 0 Å². The fourth-order valence-electron chi connectivity index (χ4n) is 4.39. The van der Waals surface area contributed by atoms with Gasteiger partial charge in [0.05, 0.1) is 11.1 Å². The first-order chi connectivity index (χ1) is 13.6. The molecule has 0 aromatic heterocycles. The van der Waals surface area contributed by atoms with E-state index in [-0.39, 0.29) is 18.6 Å². The number of aryl methyl sites for hydroxylation is 2. The molecule has 0 bridgehead atoms. The van der Waals surface area contributed by atoms with E-state index in [0.717, 1.165) is 50.0 Å². The molecule has 0 unspecified atom stereocenters. The second kappa shape index (κ2) is 7.76. The minimum Gasteiger partial charge on any atom is -0.444 e. The number of piperidine rings is 1. The maximum atomic E-state index is 13.3. The zero-order valence-corrected chi connectivity index (χ0v) is 16.2. The highest BCUT2D eigenvalue weighted by Gasteiger charge is 2.51. The fourth-order valence-corrected chi connectivity index (χ4v) is 4.39. The Kier molecular flexibility index (Phi) is 5.18. The summed E-state index contributed by atoms with van der Waals surface area (Å²) >= 11 is 0. The number of nitrogens with one attached hydrogen (secondary N) is 1. The van der Waals surface area contributed by atoms with E-state index in [0.29, 0.717) is 0 Å². The van der Waals surface area contributed by atoms with Crippen LogP contribution in [-0.4, -0.2) is 31.7 Å². The van der Waals surface area contributed by atoms with Gasteiger partial charge in [-0.2, -0.15) is 0 Å². The SMILES string of the molecule is CC(=O)OCN1C(=O)C2(CCNCC2)c2cc(CCc3ccccc3)ccc21. The number of nitrogens with zero attached hydrogens (tertiary/aromatic N) is 1. The second-order valence-electron chi connectivity index (χ2n) is 7.67. The van der Waals surface area contributed by atoms with E-state index < -0.39 is 5.41 Å². The summed E-state index contributed by atoms with van der Waals surface area (Å²) in [6.07, 6.45) is 3.46. The number of esters is 1. The summed E-state index contributed by atoms with van der Waals surface area (Å²) in [4.78, 5) is 26.3. The summed E-state index contributed by atoms with van der Waals surface area (Å²) < 4.78 is 5.17. The van der Waals surface area contributed by atoms with Gasteiger partial charge in [0.2, 0.25) is 5.91 Å². The van der Waals surface area contributed by atoms with E-state index in [1.165, 1.54) is 18.1 Å². The standard InChI is InChI=1S/C23H26N2O3/c1-17(26)28-16-25-21-10-9-19(8-7-18-5-3-2-4-6-18)15-20(21)23(22(25)27)11-13-24-14-12-23/h2-6,9-10,15,24H,7-8,11-14,16H2,1H3. The van der Waals surface area contributed by atoms with Crippen molar-refractivity contribution in [2.75, 3.05) is 24.7 Å². The van der Waals surface area contributed by atoms with Gasteiger partial charge in [0, 0.05) is 6.92 Å². The van der Waals surface area contributed by atoms with Gasteiger partial charge < -0.3 is 10.1 Å². The van der Waals surface area contributed by atoms with Gasteiger partial charge in [0.1, 0.15) is 0 Å². The maximum absolute atomic E-state index is 13.3. The number of rotatable bonds is 5. The summed E-state index contributed by atoms with van der Waals surface area (Å²) in [5, 5.41) is 3.36. The van der Waals surface area contributed by atoms with E-state index in [2.05, 4.69) is 41.7 Å². The van der Waals surface area contributed by atoms with Crippen molar-refractivity contribution < 1.29 is 14.3 Å². The Hall–Kier alpha value is -2.66. The number of carbonyl (C=O) groups excluding carboxylic acids is 2. The van der Waals surface area contributed by atoms with Gasteiger partial charge in [-0.3, -0.25) is 14.5 Å². The van der Waals surface area contributed by atoms with Crippen molar-refractivity contribution in [1.29, 1.82) is 0 Å². The minimum atomic E-state index is -0.497. The van der Waals surface area contributed by atoms with Crippen LogP contribution in [0.3, 0.4) is 0 Å². The topological polar surface area (TPSA) is 58.6 Å². The number of hydrogen-bond donors (Lipinski definition) is 1. The molecule has 5 heteroatoms. The molecule has 5 nitrogen and oxygen atoms in total. The summed E-state index contributed by atoms with van der Waals surface area (Å²) in [6, 6.07) is 16.8. The van der Waals surface area contributed by atoms with Gasteiger partial charge in [-0.25, -0.2) is 0 Å². The van der Waals surface area contributed by atoms with Crippen LogP contribution in [0.4, 0.5) is 5.69 Å². The predicted molar refractivity (Wildman–Crippen MR) is 108 cm³/mol. The average molecular weight is 378 g/mol. The highest BCUT2D eigenvalue weighted by molar-refractivity contribution is 6.08. The molecule has 0 saturated carbocycles. The molecule has 1 amide bonds. The Morgan fingerprint density at radius 3 is 2.50 bits per heavy atom. The molecule has 2 aliphatic heterocycles. The van der Waals surface area contributed by atoms with Gasteiger partial charge in [0.15, 0.2) is 6.73 Å². The van der Waals surface area contributed by atoms with Crippen molar-refractivity contribution in [3.8, 4) is 0 Å². The highest BCUT2D eigenvalue weighted by atomic mass is 16.5. The minimum absolute atomic E-state index is 0.0142. The number of ether oxygens (including phenoxy) is 1. The number of fused-ring (bicyclic) bond motifs is 2. The third-order valence-electron chi connectivity index (χ3n) is 5.92. The summed E-state index contributed by atoms with van der Waals surface area (Å²) in [7, 11) is 0. The van der Waals surface area contributed by atoms with Crippen LogP contribution in [-0.2, 0) is 32.6 Å². The summed E-state index contributed by atoms with van der Waals surface area (Å²) in [5.74, 6) is -0.314. The third-order valence-corrected chi connectivity index (χ3v) is 5.92. The van der Waals surface area contributed by atoms with E-state index in [4.69, 9.17) is 4.74 Å². The molecule has 0 atom stereocenters. The lowest BCUT2D eigenvalue weighted by Crippen LogP contribution is -2.47. The Balaban J connectivity index is 1.63. The van der Waals surface area contributed by atoms with Crippen LogP contribution in [0.5, 0.6) is 0 Å². The van der Waals surface area contributed by atoms with E-state index in [9.17, 15) is 9.59 Å². The van der Waals surface area contributed by atoms with E-state index in [1.807, 2.05) is 12.1 Å². The fraction of sp³-hybridized carbons (Fsp3) is 0.391. The molecule has 28 heavy (non-hydrogen) atoms. The summed E-state index contributed by atoms with van der Waals surface area (Å²) in [6.45, 7) is 3.00. The van der Waals surface area contributed by atoms with Crippen molar-refractivity contribution in [3.63, 3.8) is 0 Å². The molecule has 2 aromatic carbocycles. The van der Waals surface area contributed by atoms with Crippen LogP contribution in [0, 0.1) is 0 Å². The zero-order chi connectivity index (χ0) is 19.6. The highest BCUT2D eigenvalue weighted by Crippen LogP contribution is 2.47. The molecule has 1 spiro atoms. The lowest BCUT2D eigenvalue weighted by atomic mass is 9.73. The number of hydrogen-bond acceptors (Lipinski definition) is 4. The van der Waals surface area contributed by atoms with E-state index in [1.54, 1.807) is 4.90 Å². The lowest BCUT2D eigenvalue weighted by molar-refractivity contribution is -0.141. The van der Waals surface area contributed by atoms with Gasteiger partial charge in [0.25, 0.3) is 0 Å². The Morgan fingerprint density at radius 2 is 1.79 bits per heavy atom. The lowest BCUT2D eigenvalue weighted by Gasteiger charge is -2.33. The predicted octanol–water partition coefficient (Wildman–Crippen LogP) is 2.96. The molecular formula is C23H26N2O3. The molecule has 4 rings (SSSR count). The number of benzene rings is 2. The first-order valence-electron chi connectivity index (χ1n) is 9.93. The van der Waals surface area contributed by atoms with Gasteiger partial charge in [-0.05, 0) is 61.5 Å². The Morgan fingerprint density at radius 1 is 1.07 bits per heavy atom. The quantitative estimate of drug-likeness (QED) is 0.813. The number of amides is 1. The van der Waals surface area contributed by atoms with Crippen molar-refractivity contribution in [3.05, 3.63) is 65.2 Å². The first-order valence-corrected chi connectivity index (χ1v) is 9.93. The smallest absolute Gasteiger partial charge is 0.304 e. The van der Waals surface area contributed by atoms with Crippen molar-refractivity contribution in [2.45, 2.75) is 38.0 Å². The normalized spacial score (nSPS) is 17.6. The van der Waals surface area contributed by atoms with Gasteiger partial charge in [-0.15, -0.1) is 0 Å². The Labute approximate surface area is 165 Å². The third kappa shape index (κ3) is 3.42. The molecule has 0 aliphatic carbocycles. The monoisotopic (exact) mass is 378 g/mol. The van der Waals surface area contributed by atoms with Crippen LogP contribution in [0.1, 0.15) is 36.5 Å². The van der Waals surface area contributed by atoms with Crippen molar-refractivity contribution in [2.24, 2.45) is 0 Å². The number of carbonyl (C=O) groups is 2. The van der Waals surface area contributed by atoms with Gasteiger partial charge >= 0.3 is 5.97 Å². The van der Waals surface area contributed by atoms with Crippen molar-refractivity contribution in [1.82, 2.24) is 5.32 Å². The van der Waals surface area contributed by atoms with Crippen LogP contribution in [0.25, 0.3) is 0 Å². The molecule has 0 radical (unpaired) electrons. The molecule has 1 fully saturated rings. The second-order valence-corrected chi connectivity index (χ2v) is 7.67. The zero-order valence-electron chi connectivity index (χ0n) is 16.2.